The topological polar surface area (TPSA) is 119 Å². The molecule has 1 amide bonds. The second-order valence-electron chi connectivity index (χ2n) is 6.53. The molecule has 162 valence electrons. The van der Waals surface area contributed by atoms with Gasteiger partial charge in [0.15, 0.2) is 0 Å². The van der Waals surface area contributed by atoms with Crippen LogP contribution in [0, 0.1) is 17.0 Å². The summed E-state index contributed by atoms with van der Waals surface area (Å²) in [6.07, 6.45) is 0.369. The van der Waals surface area contributed by atoms with E-state index < -0.39 is 14.9 Å². The van der Waals surface area contributed by atoms with Crippen molar-refractivity contribution < 1.29 is 22.9 Å². The fraction of sp³-hybridized carbons (Fsp3) is 0.316. The lowest BCUT2D eigenvalue weighted by Crippen LogP contribution is -2.28. The van der Waals surface area contributed by atoms with Gasteiger partial charge in [0, 0.05) is 43.2 Å². The van der Waals surface area contributed by atoms with Crippen LogP contribution in [0.1, 0.15) is 18.4 Å². The number of nitrogens with zero attached hydrogens (tertiary/aromatic N) is 2. The fourth-order valence-corrected chi connectivity index (χ4v) is 4.01. The number of methoxy groups -OCH3 is 1. The van der Waals surface area contributed by atoms with Crippen molar-refractivity contribution in [2.75, 3.05) is 26.0 Å². The molecule has 0 aliphatic heterocycles. The minimum Gasteiger partial charge on any atom is -0.495 e. The number of hydrogen-bond donors (Lipinski definition) is 1. The van der Waals surface area contributed by atoms with E-state index >= 15 is 0 Å². The standard InChI is InChI=1S/C19H22ClN3O6S/c1-13-11-17(18(29-3)12-16(13)20)21-19(24)5-4-10-22(2)30(27,28)15-8-6-14(7-9-15)23(25)26/h6-9,11-12H,4-5,10H2,1-3H3,(H,21,24). The maximum atomic E-state index is 12.6. The van der Waals surface area contributed by atoms with Crippen molar-refractivity contribution in [3.05, 3.63) is 57.1 Å². The van der Waals surface area contributed by atoms with Gasteiger partial charge in [-0.3, -0.25) is 14.9 Å². The van der Waals surface area contributed by atoms with Crippen LogP contribution in [-0.2, 0) is 14.8 Å². The molecule has 1 N–H and O–H groups in total. The number of nitrogens with one attached hydrogen (secondary N) is 1. The molecule has 2 aromatic carbocycles. The first-order valence-electron chi connectivity index (χ1n) is 8.91. The minimum absolute atomic E-state index is 0.0542. The third-order valence-corrected chi connectivity index (χ3v) is 6.67. The first-order valence-corrected chi connectivity index (χ1v) is 10.7. The number of hydrogen-bond acceptors (Lipinski definition) is 6. The fourth-order valence-electron chi connectivity index (χ4n) is 2.64. The molecule has 0 bridgehead atoms. The van der Waals surface area contributed by atoms with Gasteiger partial charge in [-0.2, -0.15) is 0 Å². The number of carbonyl (C=O) groups is 1. The van der Waals surface area contributed by atoms with Crippen LogP contribution in [0.4, 0.5) is 11.4 Å². The molecule has 9 nitrogen and oxygen atoms in total. The molecule has 0 aromatic heterocycles. The molecule has 0 saturated heterocycles. The van der Waals surface area contributed by atoms with Crippen LogP contribution >= 0.6 is 11.6 Å². The lowest BCUT2D eigenvalue weighted by atomic mass is 10.2. The summed E-state index contributed by atoms with van der Waals surface area (Å²) < 4.78 is 31.4. The number of amides is 1. The summed E-state index contributed by atoms with van der Waals surface area (Å²) in [6.45, 7) is 1.90. The minimum atomic E-state index is -3.81. The van der Waals surface area contributed by atoms with Gasteiger partial charge in [-0.1, -0.05) is 11.6 Å². The smallest absolute Gasteiger partial charge is 0.269 e. The predicted molar refractivity (Wildman–Crippen MR) is 114 cm³/mol. The Balaban J connectivity index is 1.95. The van der Waals surface area contributed by atoms with E-state index in [9.17, 15) is 23.3 Å². The highest BCUT2D eigenvalue weighted by Crippen LogP contribution is 2.31. The van der Waals surface area contributed by atoms with Crippen LogP contribution in [0.2, 0.25) is 5.02 Å². The molecular formula is C19H22ClN3O6S. The van der Waals surface area contributed by atoms with Crippen molar-refractivity contribution in [1.82, 2.24) is 4.31 Å². The largest absolute Gasteiger partial charge is 0.495 e. The highest BCUT2D eigenvalue weighted by molar-refractivity contribution is 7.89. The first-order chi connectivity index (χ1) is 14.1. The van der Waals surface area contributed by atoms with Crippen LogP contribution in [0.3, 0.4) is 0 Å². The maximum Gasteiger partial charge on any atom is 0.269 e. The summed E-state index contributed by atoms with van der Waals surface area (Å²) >= 11 is 6.05. The average molecular weight is 456 g/mol. The van der Waals surface area contributed by atoms with Crippen molar-refractivity contribution in [3.8, 4) is 5.75 Å². The quantitative estimate of drug-likeness (QED) is 0.455. The molecule has 0 radical (unpaired) electrons. The number of benzene rings is 2. The molecule has 30 heavy (non-hydrogen) atoms. The van der Waals surface area contributed by atoms with Crippen molar-refractivity contribution >= 4 is 38.9 Å². The zero-order valence-electron chi connectivity index (χ0n) is 16.7. The number of carbonyl (C=O) groups excluding carboxylic acids is 1. The van der Waals surface area contributed by atoms with Crippen LogP contribution in [0.15, 0.2) is 41.3 Å². The Labute approximate surface area is 179 Å². The number of halogens is 1. The monoisotopic (exact) mass is 455 g/mol. The van der Waals surface area contributed by atoms with Gasteiger partial charge in [-0.25, -0.2) is 12.7 Å². The summed E-state index contributed by atoms with van der Waals surface area (Å²) in [5.41, 5.74) is 1.07. The van der Waals surface area contributed by atoms with Crippen LogP contribution in [0.5, 0.6) is 5.75 Å². The van der Waals surface area contributed by atoms with E-state index in [2.05, 4.69) is 5.32 Å². The van der Waals surface area contributed by atoms with Gasteiger partial charge in [0.2, 0.25) is 15.9 Å². The van der Waals surface area contributed by atoms with E-state index in [1.807, 2.05) is 0 Å². The number of rotatable bonds is 9. The van der Waals surface area contributed by atoms with Crippen LogP contribution < -0.4 is 10.1 Å². The molecule has 0 aliphatic carbocycles. The Morgan fingerprint density at radius 2 is 1.90 bits per heavy atom. The van der Waals surface area contributed by atoms with E-state index in [0.29, 0.717) is 16.5 Å². The molecule has 0 spiro atoms. The van der Waals surface area contributed by atoms with Gasteiger partial charge in [0.1, 0.15) is 5.75 Å². The molecule has 0 atom stereocenters. The lowest BCUT2D eigenvalue weighted by molar-refractivity contribution is -0.384. The normalized spacial score (nSPS) is 11.4. The summed E-state index contributed by atoms with van der Waals surface area (Å²) in [4.78, 5) is 22.3. The Morgan fingerprint density at radius 3 is 2.47 bits per heavy atom. The van der Waals surface area contributed by atoms with Crippen molar-refractivity contribution in [2.45, 2.75) is 24.7 Å². The van der Waals surface area contributed by atoms with E-state index in [1.165, 1.54) is 26.3 Å². The van der Waals surface area contributed by atoms with Gasteiger partial charge >= 0.3 is 0 Å². The number of anilines is 1. The van der Waals surface area contributed by atoms with E-state index in [-0.39, 0.29) is 35.9 Å². The van der Waals surface area contributed by atoms with E-state index in [1.54, 1.807) is 19.1 Å². The van der Waals surface area contributed by atoms with E-state index in [0.717, 1.165) is 22.0 Å². The summed E-state index contributed by atoms with van der Waals surface area (Å²) in [7, 11) is -0.959. The Hall–Kier alpha value is -2.69. The van der Waals surface area contributed by atoms with Gasteiger partial charge in [0.25, 0.3) is 5.69 Å². The number of nitro groups is 1. The van der Waals surface area contributed by atoms with Gasteiger partial charge in [-0.15, -0.1) is 0 Å². The lowest BCUT2D eigenvalue weighted by Gasteiger charge is -2.17. The van der Waals surface area contributed by atoms with Crippen LogP contribution in [-0.4, -0.2) is 44.3 Å². The number of nitro benzene ring substituents is 1. The van der Waals surface area contributed by atoms with E-state index in [4.69, 9.17) is 16.3 Å². The van der Waals surface area contributed by atoms with Crippen LogP contribution in [0.25, 0.3) is 0 Å². The van der Waals surface area contributed by atoms with Gasteiger partial charge in [-0.05, 0) is 37.1 Å². The molecule has 2 aromatic rings. The Kier molecular flexibility index (Phi) is 7.77. The molecule has 2 rings (SSSR count). The predicted octanol–water partition coefficient (Wildman–Crippen LogP) is 3.60. The maximum absolute atomic E-state index is 12.6. The second-order valence-corrected chi connectivity index (χ2v) is 8.98. The van der Waals surface area contributed by atoms with Crippen molar-refractivity contribution in [1.29, 1.82) is 0 Å². The highest BCUT2D eigenvalue weighted by atomic mass is 35.5. The molecule has 11 heteroatoms. The number of non-ortho nitro benzene ring substituents is 1. The zero-order valence-corrected chi connectivity index (χ0v) is 18.3. The average Bonchev–Trinajstić information content (AvgIpc) is 2.70. The third-order valence-electron chi connectivity index (χ3n) is 4.39. The molecule has 0 unspecified atom stereocenters. The SMILES string of the molecule is COc1cc(Cl)c(C)cc1NC(=O)CCCN(C)S(=O)(=O)c1ccc([N+](=O)[O-])cc1. The Bertz CT molecular complexity index is 1040. The highest BCUT2D eigenvalue weighted by Gasteiger charge is 2.21. The molecule has 0 saturated carbocycles. The molecular weight excluding hydrogens is 434 g/mol. The number of sulfonamides is 1. The number of ether oxygens (including phenoxy) is 1. The summed E-state index contributed by atoms with van der Waals surface area (Å²) in [5.74, 6) is 0.132. The van der Waals surface area contributed by atoms with Crippen molar-refractivity contribution in [3.63, 3.8) is 0 Å². The Morgan fingerprint density at radius 1 is 1.27 bits per heavy atom. The second kappa shape index (κ2) is 9.88. The third kappa shape index (κ3) is 5.68. The molecule has 0 heterocycles. The number of aryl methyl sites for hydroxylation is 1. The molecule has 0 aliphatic rings. The van der Waals surface area contributed by atoms with Crippen molar-refractivity contribution in [2.24, 2.45) is 0 Å². The summed E-state index contributed by atoms with van der Waals surface area (Å²) in [5, 5.41) is 14.0. The zero-order chi connectivity index (χ0) is 22.5. The van der Waals surface area contributed by atoms with Gasteiger partial charge in [0.05, 0.1) is 22.6 Å². The van der Waals surface area contributed by atoms with Gasteiger partial charge < -0.3 is 10.1 Å². The molecule has 0 fully saturated rings. The summed E-state index contributed by atoms with van der Waals surface area (Å²) in [6, 6.07) is 7.95. The first kappa shape index (κ1) is 23.6.